The SMILES string of the molecule is Cc1cc(C)cc(-c2[nH]c3sc(C(C)(C)C(=O)C4C5CCN4CC5)cc3c2CCN2CCN(Cc3cc(=O)[nH]c(=O)[nH]3)CC2)c1. The van der Waals surface area contributed by atoms with E-state index >= 15 is 0 Å². The summed E-state index contributed by atoms with van der Waals surface area (Å²) in [5, 5.41) is 1.25. The molecule has 3 aliphatic heterocycles. The third kappa shape index (κ3) is 5.89. The lowest BCUT2D eigenvalue weighted by Gasteiger charge is -2.34. The van der Waals surface area contributed by atoms with Crippen LogP contribution in [0, 0.1) is 19.8 Å². The molecule has 0 amide bonds. The highest BCUT2D eigenvalue weighted by Gasteiger charge is 2.49. The number of ketones is 1. The van der Waals surface area contributed by atoms with Crippen molar-refractivity contribution in [2.24, 2.45) is 5.92 Å². The van der Waals surface area contributed by atoms with Crippen molar-refractivity contribution in [1.29, 1.82) is 0 Å². The third-order valence-corrected chi connectivity index (χ3v) is 11.7. The Bertz CT molecular complexity index is 1790. The Labute approximate surface area is 267 Å². The summed E-state index contributed by atoms with van der Waals surface area (Å²) in [6.07, 6.45) is 3.22. The molecule has 6 heterocycles. The summed E-state index contributed by atoms with van der Waals surface area (Å²) in [6.45, 7) is 15.8. The number of aryl methyl sites for hydroxylation is 2. The summed E-state index contributed by atoms with van der Waals surface area (Å²) < 4.78 is 0. The van der Waals surface area contributed by atoms with Gasteiger partial charge in [0.25, 0.3) is 5.56 Å². The Hall–Kier alpha value is -3.31. The van der Waals surface area contributed by atoms with Crippen molar-refractivity contribution in [2.75, 3.05) is 45.8 Å². The zero-order valence-electron chi connectivity index (χ0n) is 26.8. The standard InChI is InChI=1S/C35H44N6O3S/c1-21-15-22(2)17-24(16-21)30-26(7-8-39-11-13-40(14-12-39)20-25-18-29(42)37-34(44)36-25)27-19-28(45-33(27)38-30)35(3,4)32(43)31-23-5-9-41(31)10-6-23/h15-19,23,31,38H,5-14,20H2,1-4H3,(H2,36,37,42,44). The summed E-state index contributed by atoms with van der Waals surface area (Å²) in [4.78, 5) is 55.7. The van der Waals surface area contributed by atoms with Crippen LogP contribution in [0.25, 0.3) is 21.5 Å². The number of hydrogen-bond donors (Lipinski definition) is 3. The van der Waals surface area contributed by atoms with Crippen molar-refractivity contribution >= 4 is 27.3 Å². The molecule has 3 N–H and O–H groups in total. The molecule has 0 saturated carbocycles. The van der Waals surface area contributed by atoms with E-state index in [4.69, 9.17) is 0 Å². The van der Waals surface area contributed by atoms with Crippen LogP contribution in [0.5, 0.6) is 0 Å². The van der Waals surface area contributed by atoms with Gasteiger partial charge in [0.15, 0.2) is 5.78 Å². The number of hydrogen-bond acceptors (Lipinski definition) is 7. The molecular formula is C35H44N6O3S. The first-order valence-electron chi connectivity index (χ1n) is 16.3. The highest BCUT2D eigenvalue weighted by molar-refractivity contribution is 7.19. The number of nitrogens with zero attached hydrogens (tertiary/aromatic N) is 3. The van der Waals surface area contributed by atoms with Crippen molar-refractivity contribution in [1.82, 2.24) is 29.7 Å². The molecular weight excluding hydrogens is 584 g/mol. The maximum Gasteiger partial charge on any atom is 0.325 e. The lowest BCUT2D eigenvalue weighted by atomic mass is 9.79. The molecule has 10 heteroatoms. The highest BCUT2D eigenvalue weighted by Crippen LogP contribution is 2.44. The van der Waals surface area contributed by atoms with Gasteiger partial charge in [-0.3, -0.25) is 24.4 Å². The number of H-pyrrole nitrogens is 3. The Morgan fingerprint density at radius 3 is 2.22 bits per heavy atom. The van der Waals surface area contributed by atoms with Gasteiger partial charge >= 0.3 is 5.69 Å². The van der Waals surface area contributed by atoms with Gasteiger partial charge in [-0.1, -0.05) is 17.2 Å². The molecule has 4 aromatic rings. The fraction of sp³-hybridized carbons (Fsp3) is 0.514. The summed E-state index contributed by atoms with van der Waals surface area (Å²) in [7, 11) is 0. The molecule has 7 rings (SSSR count). The maximum atomic E-state index is 14.0. The van der Waals surface area contributed by atoms with E-state index in [0.29, 0.717) is 23.9 Å². The number of carbonyl (C=O) groups is 1. The van der Waals surface area contributed by atoms with Crippen LogP contribution in [0.3, 0.4) is 0 Å². The van der Waals surface area contributed by atoms with Crippen molar-refractivity contribution in [3.8, 4) is 11.3 Å². The van der Waals surface area contributed by atoms with Gasteiger partial charge in [-0.2, -0.15) is 0 Å². The number of carbonyl (C=O) groups excluding carboxylic acids is 1. The molecule has 3 aromatic heterocycles. The van der Waals surface area contributed by atoms with Crippen LogP contribution in [-0.4, -0.2) is 87.3 Å². The van der Waals surface area contributed by atoms with E-state index in [1.807, 2.05) is 0 Å². The quantitative estimate of drug-likeness (QED) is 0.257. The van der Waals surface area contributed by atoms with Crippen LogP contribution in [0.15, 0.2) is 39.9 Å². The molecule has 1 unspecified atom stereocenters. The van der Waals surface area contributed by atoms with Gasteiger partial charge in [0.05, 0.1) is 17.2 Å². The largest absolute Gasteiger partial charge is 0.346 e. The lowest BCUT2D eigenvalue weighted by molar-refractivity contribution is -0.127. The topological polar surface area (TPSA) is 108 Å². The molecule has 1 aromatic carbocycles. The van der Waals surface area contributed by atoms with Crippen LogP contribution in [0.2, 0.25) is 0 Å². The van der Waals surface area contributed by atoms with E-state index in [1.54, 1.807) is 11.3 Å². The minimum Gasteiger partial charge on any atom is -0.346 e. The molecule has 0 radical (unpaired) electrons. The monoisotopic (exact) mass is 628 g/mol. The highest BCUT2D eigenvalue weighted by atomic mass is 32.1. The maximum absolute atomic E-state index is 14.0. The average molecular weight is 629 g/mol. The molecule has 0 aliphatic carbocycles. The Balaban J connectivity index is 1.12. The van der Waals surface area contributed by atoms with Crippen LogP contribution in [-0.2, 0) is 23.2 Å². The van der Waals surface area contributed by atoms with Crippen LogP contribution in [0.1, 0.15) is 54.0 Å². The number of Topliss-reactive ketones (excluding diaryl/α,β-unsaturated/α-hetero) is 1. The van der Waals surface area contributed by atoms with Gasteiger partial charge in [0.2, 0.25) is 0 Å². The van der Waals surface area contributed by atoms with Gasteiger partial charge in [-0.25, -0.2) is 4.79 Å². The molecule has 238 valence electrons. The van der Waals surface area contributed by atoms with Gasteiger partial charge in [0.1, 0.15) is 4.83 Å². The predicted molar refractivity (Wildman–Crippen MR) is 180 cm³/mol. The first kappa shape index (κ1) is 30.3. The zero-order valence-corrected chi connectivity index (χ0v) is 27.6. The Kier molecular flexibility index (Phi) is 7.96. The van der Waals surface area contributed by atoms with Crippen molar-refractivity contribution in [3.05, 3.63) is 78.4 Å². The number of benzene rings is 1. The van der Waals surface area contributed by atoms with Crippen LogP contribution >= 0.6 is 11.3 Å². The molecule has 1 atom stereocenters. The summed E-state index contributed by atoms with van der Waals surface area (Å²) in [5.74, 6) is 0.899. The number of thiophene rings is 1. The van der Waals surface area contributed by atoms with E-state index in [-0.39, 0.29) is 11.6 Å². The molecule has 3 saturated heterocycles. The minimum atomic E-state index is -0.526. The van der Waals surface area contributed by atoms with E-state index in [9.17, 15) is 14.4 Å². The summed E-state index contributed by atoms with van der Waals surface area (Å²) in [6, 6.07) is 10.6. The molecule has 3 fully saturated rings. The van der Waals surface area contributed by atoms with Gasteiger partial charge in [0, 0.05) is 61.3 Å². The number of aromatic amines is 3. The minimum absolute atomic E-state index is 0.0761. The first-order valence-corrected chi connectivity index (χ1v) is 17.2. The number of piperidine rings is 1. The summed E-state index contributed by atoms with van der Waals surface area (Å²) >= 11 is 1.75. The Morgan fingerprint density at radius 1 is 0.889 bits per heavy atom. The van der Waals surface area contributed by atoms with E-state index in [0.717, 1.165) is 74.8 Å². The van der Waals surface area contributed by atoms with Crippen LogP contribution < -0.4 is 11.2 Å². The third-order valence-electron chi connectivity index (χ3n) is 10.4. The van der Waals surface area contributed by atoms with Gasteiger partial charge < -0.3 is 14.9 Å². The number of nitrogens with one attached hydrogen (secondary N) is 3. The molecule has 0 spiro atoms. The first-order chi connectivity index (χ1) is 21.5. The number of fused-ring (bicyclic) bond motifs is 3. The summed E-state index contributed by atoms with van der Waals surface area (Å²) in [5.41, 5.74) is 5.54. The normalized spacial score (nSPS) is 22.5. The predicted octanol–water partition coefficient (Wildman–Crippen LogP) is 4.19. The van der Waals surface area contributed by atoms with Crippen LogP contribution in [0.4, 0.5) is 0 Å². The second-order valence-corrected chi connectivity index (χ2v) is 15.0. The Morgan fingerprint density at radius 2 is 1.58 bits per heavy atom. The fourth-order valence-electron chi connectivity index (χ4n) is 7.93. The van der Waals surface area contributed by atoms with E-state index < -0.39 is 11.1 Å². The van der Waals surface area contributed by atoms with Crippen molar-refractivity contribution in [3.63, 3.8) is 0 Å². The molecule has 45 heavy (non-hydrogen) atoms. The second-order valence-electron chi connectivity index (χ2n) is 14.0. The molecule has 9 nitrogen and oxygen atoms in total. The second kappa shape index (κ2) is 11.8. The molecule has 3 aliphatic rings. The van der Waals surface area contributed by atoms with Gasteiger partial charge in [-0.15, -0.1) is 11.3 Å². The van der Waals surface area contributed by atoms with Crippen molar-refractivity contribution < 1.29 is 4.79 Å². The van der Waals surface area contributed by atoms with Gasteiger partial charge in [-0.05, 0) is 95.3 Å². The van der Waals surface area contributed by atoms with E-state index in [2.05, 4.69) is 81.6 Å². The molecule has 2 bridgehead atoms. The number of rotatable bonds is 9. The zero-order chi connectivity index (χ0) is 31.5. The number of piperazine rings is 1. The fourth-order valence-corrected chi connectivity index (χ4v) is 9.13. The smallest absolute Gasteiger partial charge is 0.325 e. The number of aromatic nitrogens is 3. The van der Waals surface area contributed by atoms with E-state index in [1.165, 1.54) is 39.4 Å². The lowest BCUT2D eigenvalue weighted by Crippen LogP contribution is -2.46. The van der Waals surface area contributed by atoms with Crippen molar-refractivity contribution in [2.45, 2.75) is 65.0 Å². The average Bonchev–Trinajstić information content (AvgIpc) is 3.76.